The first-order valence-corrected chi connectivity index (χ1v) is 6.79. The monoisotopic (exact) mass is 332 g/mol. The Labute approximate surface area is 168 Å². The van der Waals surface area contributed by atoms with Crippen molar-refractivity contribution in [3.63, 3.8) is 0 Å². The summed E-state index contributed by atoms with van der Waals surface area (Å²) in [6, 6.07) is 0. The van der Waals surface area contributed by atoms with Crippen molar-refractivity contribution in [3.8, 4) is 0 Å². The first-order valence-electron chi connectivity index (χ1n) is 5.56. The summed E-state index contributed by atoms with van der Waals surface area (Å²) in [5, 5.41) is 16.8. The molecule has 0 fully saturated rings. The molecule has 0 rings (SSSR count). The van der Waals surface area contributed by atoms with Crippen molar-refractivity contribution in [2.75, 3.05) is 68.6 Å². The first kappa shape index (κ1) is 33.2. The molecule has 0 unspecified atom stereocenters. The van der Waals surface area contributed by atoms with Crippen molar-refractivity contribution in [2.45, 2.75) is 0 Å². The van der Waals surface area contributed by atoms with Crippen LogP contribution in [-0.2, 0) is 4.46 Å². The van der Waals surface area contributed by atoms with Gasteiger partial charge in [0.2, 0.25) is 0 Å². The number of likely N-dealkylation sites (N-methyl/N-ethyl adjacent to an activating group) is 2. The number of rotatable bonds is 4. The van der Waals surface area contributed by atoms with Crippen LogP contribution in [0.4, 0.5) is 0 Å². The van der Waals surface area contributed by atoms with E-state index in [4.69, 9.17) is 24.3 Å². The minimum absolute atomic E-state index is 0. The van der Waals surface area contributed by atoms with Gasteiger partial charge in [0.15, 0.2) is 0 Å². The topological polar surface area (TPSA) is 104 Å². The van der Waals surface area contributed by atoms with E-state index in [1.807, 2.05) is 0 Å². The summed E-state index contributed by atoms with van der Waals surface area (Å²) in [6.45, 7) is 2.23. The van der Waals surface area contributed by atoms with E-state index >= 15 is 0 Å². The number of hydrogen-bond donors (Lipinski definition) is 2. The van der Waals surface area contributed by atoms with Crippen LogP contribution < -0.4 is 9.59 Å². The maximum absolute atomic E-state index is 8.52. The van der Waals surface area contributed by atoms with E-state index < -0.39 is 9.17 Å². The molecule has 0 saturated carbocycles. The molecule has 116 valence electrons. The Morgan fingerprint density at radius 2 is 0.950 bits per heavy atom. The van der Waals surface area contributed by atoms with E-state index in [1.165, 1.54) is 0 Å². The Hall–Kier alpha value is 1.46. The van der Waals surface area contributed by atoms with Crippen molar-refractivity contribution in [1.82, 2.24) is 0 Å². The SMILES string of the molecule is C[N+](C)(C)CCO.C[N+](C)(C)CCO.O=[Si]([O-])[O-].[NaH].[NaH]. The Kier molecular flexibility index (Phi) is 30.7. The molecule has 0 amide bonds. The van der Waals surface area contributed by atoms with E-state index in [0.717, 1.165) is 22.1 Å². The summed E-state index contributed by atoms with van der Waals surface area (Å²) in [6.07, 6.45) is 0. The van der Waals surface area contributed by atoms with E-state index in [2.05, 4.69) is 42.3 Å². The standard InChI is InChI=1S/2C5H14NO.2Na.O3Si.2H/c2*1-6(2,3)4-5-7;;;1-4(2)3;;/h2*7H,4-5H2,1-3H3;;;;;/q2*+1;;;-2;;. The number of aliphatic hydroxyl groups is 2. The molecule has 0 radical (unpaired) electrons. The van der Waals surface area contributed by atoms with Crippen LogP contribution in [0.25, 0.3) is 0 Å². The van der Waals surface area contributed by atoms with Gasteiger partial charge in [0.25, 0.3) is 0 Å². The number of quaternary nitrogens is 2. The Bertz CT molecular complexity index is 191. The summed E-state index contributed by atoms with van der Waals surface area (Å²) in [5.74, 6) is 0. The molecular weight excluding hydrogens is 302 g/mol. The van der Waals surface area contributed by atoms with Gasteiger partial charge in [0.1, 0.15) is 13.1 Å². The number of hydrogen-bond acceptors (Lipinski definition) is 5. The third kappa shape index (κ3) is 74.1. The third-order valence-corrected chi connectivity index (χ3v) is 1.54. The average Bonchev–Trinajstić information content (AvgIpc) is 1.97. The van der Waals surface area contributed by atoms with Gasteiger partial charge in [-0.25, -0.2) is 0 Å². The van der Waals surface area contributed by atoms with Gasteiger partial charge < -0.3 is 33.2 Å². The zero-order valence-electron chi connectivity index (χ0n) is 12.3. The molecule has 0 heterocycles. The van der Waals surface area contributed by atoms with Gasteiger partial charge in [-0.15, -0.1) is 0 Å². The first-order chi connectivity index (χ1) is 7.85. The van der Waals surface area contributed by atoms with Gasteiger partial charge in [0.05, 0.1) is 55.5 Å². The van der Waals surface area contributed by atoms with Gasteiger partial charge in [-0.1, -0.05) is 0 Å². The number of nitrogens with zero attached hydrogens (tertiary/aromatic N) is 2. The molecule has 0 aromatic heterocycles. The average molecular weight is 332 g/mol. The second-order valence-corrected chi connectivity index (χ2v) is 6.23. The molecule has 0 aliphatic rings. The Balaban J connectivity index is -0.0000000555. The van der Waals surface area contributed by atoms with Crippen molar-refractivity contribution < 1.29 is 33.2 Å². The predicted octanol–water partition coefficient (Wildman–Crippen LogP) is -4.80. The molecule has 0 aromatic carbocycles. The molecular formula is C10H30N2Na2O5Si. The Morgan fingerprint density at radius 3 is 0.950 bits per heavy atom. The normalized spacial score (nSPS) is 9.60. The van der Waals surface area contributed by atoms with E-state index in [-0.39, 0.29) is 72.3 Å². The molecule has 7 nitrogen and oxygen atoms in total. The van der Waals surface area contributed by atoms with Crippen LogP contribution in [0.1, 0.15) is 0 Å². The van der Waals surface area contributed by atoms with Gasteiger partial charge in [0, 0.05) is 9.17 Å². The zero-order valence-corrected chi connectivity index (χ0v) is 13.3. The van der Waals surface area contributed by atoms with Crippen molar-refractivity contribution in [3.05, 3.63) is 0 Å². The van der Waals surface area contributed by atoms with Gasteiger partial charge in [-0.3, -0.25) is 0 Å². The molecule has 0 aliphatic carbocycles. The van der Waals surface area contributed by atoms with Crippen LogP contribution in [0.15, 0.2) is 0 Å². The molecule has 0 atom stereocenters. The quantitative estimate of drug-likeness (QED) is 0.397. The van der Waals surface area contributed by atoms with Crippen LogP contribution in [0.2, 0.25) is 0 Å². The summed E-state index contributed by atoms with van der Waals surface area (Å²) in [5.41, 5.74) is 0. The van der Waals surface area contributed by atoms with E-state index in [9.17, 15) is 0 Å². The third-order valence-electron chi connectivity index (χ3n) is 1.54. The van der Waals surface area contributed by atoms with E-state index in [1.54, 1.807) is 0 Å². The fourth-order valence-electron chi connectivity index (χ4n) is 0.600. The molecule has 0 bridgehead atoms. The summed E-state index contributed by atoms with van der Waals surface area (Å²) < 4.78 is 10.2. The minimum atomic E-state index is -3.63. The van der Waals surface area contributed by atoms with Crippen LogP contribution in [-0.4, -0.2) is 156 Å². The Morgan fingerprint density at radius 1 is 0.800 bits per heavy atom. The van der Waals surface area contributed by atoms with Crippen LogP contribution in [0, 0.1) is 0 Å². The molecule has 10 heteroatoms. The fourth-order valence-corrected chi connectivity index (χ4v) is 0.600. The summed E-state index contributed by atoms with van der Waals surface area (Å²) in [7, 11) is 8.68. The molecule has 2 N–H and O–H groups in total. The van der Waals surface area contributed by atoms with Crippen LogP contribution >= 0.6 is 0 Å². The number of aliphatic hydroxyl groups excluding tert-OH is 2. The molecule has 0 saturated heterocycles. The van der Waals surface area contributed by atoms with Crippen molar-refractivity contribution >= 4 is 68.3 Å². The predicted molar refractivity (Wildman–Crippen MR) is 80.7 cm³/mol. The van der Waals surface area contributed by atoms with Crippen LogP contribution in [0.3, 0.4) is 0 Å². The maximum atomic E-state index is 8.52. The van der Waals surface area contributed by atoms with Crippen molar-refractivity contribution in [2.24, 2.45) is 0 Å². The van der Waals surface area contributed by atoms with Crippen LogP contribution in [0.5, 0.6) is 0 Å². The van der Waals surface area contributed by atoms with Crippen molar-refractivity contribution in [1.29, 1.82) is 0 Å². The summed E-state index contributed by atoms with van der Waals surface area (Å²) >= 11 is 0. The fraction of sp³-hybridized carbons (Fsp3) is 1.00. The van der Waals surface area contributed by atoms with Gasteiger partial charge >= 0.3 is 59.1 Å². The second kappa shape index (κ2) is 18.5. The molecule has 0 aromatic rings. The van der Waals surface area contributed by atoms with Gasteiger partial charge in [-0.2, -0.15) is 0 Å². The summed E-state index contributed by atoms with van der Waals surface area (Å²) in [4.78, 5) is 17.0. The second-order valence-electron chi connectivity index (χ2n) is 5.73. The molecule has 0 aliphatic heterocycles. The zero-order chi connectivity index (χ0) is 15.4. The van der Waals surface area contributed by atoms with Gasteiger partial charge in [-0.05, 0) is 0 Å². The molecule has 20 heavy (non-hydrogen) atoms. The van der Waals surface area contributed by atoms with E-state index in [0.29, 0.717) is 0 Å². The molecule has 0 spiro atoms.